The van der Waals surface area contributed by atoms with Gasteiger partial charge in [0.1, 0.15) is 5.69 Å². The summed E-state index contributed by atoms with van der Waals surface area (Å²) in [5.41, 5.74) is 1.52. The van der Waals surface area contributed by atoms with Crippen molar-refractivity contribution < 1.29 is 9.90 Å². The van der Waals surface area contributed by atoms with Gasteiger partial charge < -0.3 is 9.67 Å². The molecule has 0 aliphatic carbocycles. The lowest BCUT2D eigenvalue weighted by molar-refractivity contribution is 0.0686. The molecule has 1 heterocycles. The molecule has 0 spiro atoms. The summed E-state index contributed by atoms with van der Waals surface area (Å²) in [6, 6.07) is 8.90. The summed E-state index contributed by atoms with van der Waals surface area (Å²) in [5.74, 6) is -0.970. The molecular formula is C12H10N2O2. The summed E-state index contributed by atoms with van der Waals surface area (Å²) in [5, 5.41) is 18.7. The van der Waals surface area contributed by atoms with Crippen LogP contribution in [0.15, 0.2) is 24.3 Å². The van der Waals surface area contributed by atoms with Crippen molar-refractivity contribution in [1.82, 2.24) is 4.57 Å². The monoisotopic (exact) mass is 214 g/mol. The zero-order valence-electron chi connectivity index (χ0n) is 8.77. The number of aromatic nitrogens is 1. The highest BCUT2D eigenvalue weighted by Crippen LogP contribution is 2.23. The first-order chi connectivity index (χ1) is 7.69. The number of aryl methyl sites for hydroxylation is 1. The number of nitrogens with zero attached hydrogens (tertiary/aromatic N) is 2. The highest BCUT2D eigenvalue weighted by atomic mass is 16.4. The largest absolute Gasteiger partial charge is 0.477 e. The van der Waals surface area contributed by atoms with E-state index in [-0.39, 0.29) is 5.69 Å². The van der Waals surface area contributed by atoms with Gasteiger partial charge in [0.25, 0.3) is 0 Å². The Morgan fingerprint density at radius 1 is 1.56 bits per heavy atom. The number of nitriles is 1. The Hall–Kier alpha value is -2.28. The predicted molar refractivity (Wildman–Crippen MR) is 59.3 cm³/mol. The van der Waals surface area contributed by atoms with Gasteiger partial charge in [0.05, 0.1) is 11.6 Å². The quantitative estimate of drug-likeness (QED) is 0.833. The van der Waals surface area contributed by atoms with Crippen LogP contribution in [0, 0.1) is 11.3 Å². The van der Waals surface area contributed by atoms with Crippen LogP contribution in [0.2, 0.25) is 0 Å². The van der Waals surface area contributed by atoms with Crippen molar-refractivity contribution in [2.45, 2.75) is 13.5 Å². The molecule has 0 aliphatic heterocycles. The minimum Gasteiger partial charge on any atom is -0.477 e. The molecule has 16 heavy (non-hydrogen) atoms. The highest BCUT2D eigenvalue weighted by molar-refractivity contribution is 5.96. The van der Waals surface area contributed by atoms with Crippen LogP contribution in [0.1, 0.15) is 23.0 Å². The number of carbonyl (C=O) groups is 1. The summed E-state index contributed by atoms with van der Waals surface area (Å²) in [7, 11) is 0. The van der Waals surface area contributed by atoms with Crippen LogP contribution in [-0.4, -0.2) is 15.6 Å². The number of hydrogen-bond donors (Lipinski definition) is 1. The van der Waals surface area contributed by atoms with E-state index in [2.05, 4.69) is 6.07 Å². The summed E-state index contributed by atoms with van der Waals surface area (Å²) in [6.45, 7) is 2.45. The summed E-state index contributed by atoms with van der Waals surface area (Å²) >= 11 is 0. The smallest absolute Gasteiger partial charge is 0.352 e. The van der Waals surface area contributed by atoms with E-state index in [1.54, 1.807) is 22.8 Å². The average molecular weight is 214 g/mol. The second-order valence-electron chi connectivity index (χ2n) is 3.43. The number of carboxylic acid groups (broad SMARTS) is 1. The molecular weight excluding hydrogens is 204 g/mol. The zero-order chi connectivity index (χ0) is 11.7. The molecule has 0 fully saturated rings. The molecule has 2 aromatic rings. The van der Waals surface area contributed by atoms with Crippen molar-refractivity contribution in [2.24, 2.45) is 0 Å². The molecule has 1 N–H and O–H groups in total. The molecule has 4 heteroatoms. The van der Waals surface area contributed by atoms with E-state index in [4.69, 9.17) is 10.4 Å². The van der Waals surface area contributed by atoms with Gasteiger partial charge in [-0.15, -0.1) is 0 Å². The van der Waals surface area contributed by atoms with Gasteiger partial charge in [0.15, 0.2) is 0 Å². The van der Waals surface area contributed by atoms with E-state index >= 15 is 0 Å². The molecule has 4 nitrogen and oxygen atoms in total. The lowest BCUT2D eigenvalue weighted by Gasteiger charge is -2.03. The number of hydrogen-bond acceptors (Lipinski definition) is 2. The Morgan fingerprint density at radius 2 is 2.31 bits per heavy atom. The van der Waals surface area contributed by atoms with Crippen LogP contribution in [0.4, 0.5) is 0 Å². The van der Waals surface area contributed by atoms with Gasteiger partial charge in [-0.05, 0) is 25.1 Å². The van der Waals surface area contributed by atoms with Crippen LogP contribution >= 0.6 is 0 Å². The van der Waals surface area contributed by atoms with Crippen LogP contribution in [-0.2, 0) is 6.54 Å². The molecule has 0 aliphatic rings. The van der Waals surface area contributed by atoms with Crippen LogP contribution in [0.25, 0.3) is 10.9 Å². The Kier molecular flexibility index (Phi) is 2.37. The molecule has 0 radical (unpaired) electrons. The molecule has 0 saturated carbocycles. The molecule has 2 rings (SSSR count). The van der Waals surface area contributed by atoms with Gasteiger partial charge in [-0.3, -0.25) is 0 Å². The summed E-state index contributed by atoms with van der Waals surface area (Å²) in [6.07, 6.45) is 0. The lowest BCUT2D eigenvalue weighted by Crippen LogP contribution is -2.06. The fourth-order valence-corrected chi connectivity index (χ4v) is 1.90. The third-order valence-electron chi connectivity index (χ3n) is 2.60. The van der Waals surface area contributed by atoms with Crippen molar-refractivity contribution in [3.05, 3.63) is 35.5 Å². The second kappa shape index (κ2) is 3.70. The van der Waals surface area contributed by atoms with Crippen molar-refractivity contribution in [3.63, 3.8) is 0 Å². The van der Waals surface area contributed by atoms with Crippen molar-refractivity contribution in [3.8, 4) is 6.07 Å². The van der Waals surface area contributed by atoms with E-state index in [0.29, 0.717) is 17.5 Å². The summed E-state index contributed by atoms with van der Waals surface area (Å²) < 4.78 is 1.69. The van der Waals surface area contributed by atoms with E-state index in [0.717, 1.165) is 5.52 Å². The number of benzene rings is 1. The molecule has 1 aromatic carbocycles. The number of rotatable bonds is 2. The average Bonchev–Trinajstić information content (AvgIpc) is 2.67. The maximum absolute atomic E-state index is 11.0. The Labute approximate surface area is 92.3 Å². The van der Waals surface area contributed by atoms with Gasteiger partial charge in [-0.2, -0.15) is 5.26 Å². The number of carboxylic acids is 1. The van der Waals surface area contributed by atoms with E-state index in [9.17, 15) is 4.79 Å². The molecule has 0 saturated heterocycles. The standard InChI is InChI=1S/C12H10N2O2/c1-2-14-10-5-3-4-8(7-13)9(10)6-11(14)12(15)16/h3-6H,2H2,1H3,(H,15,16). The molecule has 0 unspecified atom stereocenters. The van der Waals surface area contributed by atoms with E-state index in [1.807, 2.05) is 13.0 Å². The van der Waals surface area contributed by atoms with Crippen LogP contribution in [0.3, 0.4) is 0 Å². The number of aromatic carboxylic acids is 1. The fourth-order valence-electron chi connectivity index (χ4n) is 1.90. The third kappa shape index (κ3) is 1.34. The van der Waals surface area contributed by atoms with E-state index in [1.165, 1.54) is 0 Å². The Morgan fingerprint density at radius 3 is 2.88 bits per heavy atom. The van der Waals surface area contributed by atoms with Crippen LogP contribution in [0.5, 0.6) is 0 Å². The van der Waals surface area contributed by atoms with Gasteiger partial charge in [0.2, 0.25) is 0 Å². The SMILES string of the molecule is CCn1c(C(=O)O)cc2c(C#N)cccc21. The topological polar surface area (TPSA) is 66.0 Å². The first kappa shape index (κ1) is 10.2. The maximum Gasteiger partial charge on any atom is 0.352 e. The maximum atomic E-state index is 11.0. The Balaban J connectivity index is 2.87. The fraction of sp³-hybridized carbons (Fsp3) is 0.167. The van der Waals surface area contributed by atoms with Crippen molar-refractivity contribution in [1.29, 1.82) is 5.26 Å². The van der Waals surface area contributed by atoms with Gasteiger partial charge >= 0.3 is 5.97 Å². The first-order valence-electron chi connectivity index (χ1n) is 4.94. The Bertz CT molecular complexity index is 605. The molecule has 0 atom stereocenters. The van der Waals surface area contributed by atoms with Gasteiger partial charge in [0, 0.05) is 17.4 Å². The molecule has 1 aromatic heterocycles. The first-order valence-corrected chi connectivity index (χ1v) is 4.94. The lowest BCUT2D eigenvalue weighted by atomic mass is 10.1. The van der Waals surface area contributed by atoms with E-state index < -0.39 is 5.97 Å². The summed E-state index contributed by atoms with van der Waals surface area (Å²) in [4.78, 5) is 11.0. The highest BCUT2D eigenvalue weighted by Gasteiger charge is 2.14. The minimum absolute atomic E-state index is 0.222. The second-order valence-corrected chi connectivity index (χ2v) is 3.43. The third-order valence-corrected chi connectivity index (χ3v) is 2.60. The van der Waals surface area contributed by atoms with Gasteiger partial charge in [-0.1, -0.05) is 6.07 Å². The van der Waals surface area contributed by atoms with Crippen molar-refractivity contribution >= 4 is 16.9 Å². The normalized spacial score (nSPS) is 10.2. The van der Waals surface area contributed by atoms with Gasteiger partial charge in [-0.25, -0.2) is 4.79 Å². The number of fused-ring (bicyclic) bond motifs is 1. The minimum atomic E-state index is -0.970. The van der Waals surface area contributed by atoms with Crippen molar-refractivity contribution in [2.75, 3.05) is 0 Å². The zero-order valence-corrected chi connectivity index (χ0v) is 8.77. The molecule has 0 amide bonds. The predicted octanol–water partition coefficient (Wildman–Crippen LogP) is 2.23. The van der Waals surface area contributed by atoms with Crippen LogP contribution < -0.4 is 0 Å². The molecule has 0 bridgehead atoms. The molecule has 80 valence electrons.